The quantitative estimate of drug-likeness (QED) is 0.433. The van der Waals surface area contributed by atoms with Gasteiger partial charge in [0.15, 0.2) is 0 Å². The van der Waals surface area contributed by atoms with Crippen LogP contribution in [0, 0.1) is 13.8 Å². The van der Waals surface area contributed by atoms with Gasteiger partial charge in [0.1, 0.15) is 0 Å². The minimum absolute atomic E-state index is 0.0960. The van der Waals surface area contributed by atoms with Gasteiger partial charge in [0.2, 0.25) is 0 Å². The van der Waals surface area contributed by atoms with Crippen molar-refractivity contribution in [1.29, 1.82) is 0 Å². The van der Waals surface area contributed by atoms with Crippen LogP contribution in [0.15, 0.2) is 55.0 Å². The third-order valence-corrected chi connectivity index (χ3v) is 7.16. The molecule has 0 saturated carbocycles. The van der Waals surface area contributed by atoms with Crippen LogP contribution in [-0.2, 0) is 6.42 Å². The van der Waals surface area contributed by atoms with Crippen LogP contribution in [0.3, 0.4) is 0 Å². The van der Waals surface area contributed by atoms with Gasteiger partial charge in [-0.3, -0.25) is 19.9 Å². The van der Waals surface area contributed by atoms with E-state index in [0.717, 1.165) is 52.9 Å². The van der Waals surface area contributed by atoms with Gasteiger partial charge in [-0.1, -0.05) is 12.1 Å². The molecule has 4 aromatic rings. The van der Waals surface area contributed by atoms with Crippen LogP contribution >= 0.6 is 0 Å². The molecule has 4 heterocycles. The van der Waals surface area contributed by atoms with Crippen LogP contribution in [0.2, 0.25) is 0 Å². The van der Waals surface area contributed by atoms with Crippen LogP contribution < -0.4 is 4.90 Å². The zero-order valence-corrected chi connectivity index (χ0v) is 21.0. The summed E-state index contributed by atoms with van der Waals surface area (Å²) in [5.41, 5.74) is 5.89. The number of hydrogen-bond donors (Lipinski definition) is 2. The van der Waals surface area contributed by atoms with E-state index in [-0.39, 0.29) is 12.5 Å². The smallest absolute Gasteiger partial charge is 0.253 e. The molecule has 0 aliphatic carbocycles. The molecule has 1 aliphatic heterocycles. The van der Waals surface area contributed by atoms with E-state index in [1.807, 2.05) is 56.4 Å². The number of nitrogens with one attached hydrogen (secondary N) is 1. The number of carbonyl (C=O) groups is 1. The van der Waals surface area contributed by atoms with Crippen molar-refractivity contribution in [3.63, 3.8) is 0 Å². The summed E-state index contributed by atoms with van der Waals surface area (Å²) in [5.74, 6) is -0.0960. The number of nitrogens with zero attached hydrogens (tertiary/aromatic N) is 5. The molecule has 0 spiro atoms. The first-order chi connectivity index (χ1) is 17.3. The van der Waals surface area contributed by atoms with Crippen LogP contribution in [0.25, 0.3) is 10.9 Å². The van der Waals surface area contributed by atoms with Crippen molar-refractivity contribution in [3.8, 4) is 0 Å². The summed E-state index contributed by atoms with van der Waals surface area (Å²) in [6.07, 6.45) is 7.60. The van der Waals surface area contributed by atoms with E-state index in [4.69, 9.17) is 0 Å². The molecule has 8 nitrogen and oxygen atoms in total. The molecule has 5 rings (SSSR count). The number of aromatic nitrogens is 4. The van der Waals surface area contributed by atoms with Gasteiger partial charge >= 0.3 is 0 Å². The van der Waals surface area contributed by atoms with Crippen LogP contribution in [0.1, 0.15) is 45.7 Å². The van der Waals surface area contributed by atoms with Gasteiger partial charge in [-0.2, -0.15) is 5.10 Å². The summed E-state index contributed by atoms with van der Waals surface area (Å²) in [6.45, 7) is 5.56. The number of piperidine rings is 1. The molecule has 8 heteroatoms. The molecule has 1 aromatic carbocycles. The summed E-state index contributed by atoms with van der Waals surface area (Å²) in [4.78, 5) is 25.7. The molecule has 1 amide bonds. The van der Waals surface area contributed by atoms with Gasteiger partial charge < -0.3 is 14.9 Å². The lowest BCUT2D eigenvalue weighted by atomic mass is 9.91. The Hall–Kier alpha value is -3.78. The standard InChI is InChI=1S/C28H32N6O2/c1-19-23(20(2)32-31-19)15-21-5-7-22(8-6-21)27(35)33(3)17-28(36)11-4-14-34(18-28)26-10-13-30-25-9-12-29-16-24(25)26/h5-10,12-13,16,36H,4,11,14-15,17-18H2,1-3H3,(H,31,32)/t28-/m0/s1. The zero-order chi connectivity index (χ0) is 25.3. The molecule has 2 N–H and O–H groups in total. The number of likely N-dealkylation sites (N-methyl/N-ethyl adjacent to an activating group) is 1. The Kier molecular flexibility index (Phi) is 6.45. The Bertz CT molecular complexity index is 1360. The van der Waals surface area contributed by atoms with E-state index in [1.165, 1.54) is 5.56 Å². The molecule has 186 valence electrons. The van der Waals surface area contributed by atoms with Crippen molar-refractivity contribution in [2.45, 2.75) is 38.7 Å². The van der Waals surface area contributed by atoms with E-state index < -0.39 is 5.60 Å². The van der Waals surface area contributed by atoms with E-state index in [9.17, 15) is 9.90 Å². The molecule has 0 unspecified atom stereocenters. The lowest BCUT2D eigenvalue weighted by Crippen LogP contribution is -2.54. The number of hydrogen-bond acceptors (Lipinski definition) is 6. The van der Waals surface area contributed by atoms with Gasteiger partial charge in [0, 0.05) is 73.0 Å². The normalized spacial score (nSPS) is 17.9. The molecule has 0 radical (unpaired) electrons. The molecule has 1 saturated heterocycles. The van der Waals surface area contributed by atoms with Gasteiger partial charge in [-0.15, -0.1) is 0 Å². The summed E-state index contributed by atoms with van der Waals surface area (Å²) in [6, 6.07) is 11.6. The third-order valence-electron chi connectivity index (χ3n) is 7.16. The minimum Gasteiger partial charge on any atom is -0.386 e. The highest BCUT2D eigenvalue weighted by molar-refractivity contribution is 5.94. The highest BCUT2D eigenvalue weighted by Crippen LogP contribution is 2.31. The Balaban J connectivity index is 1.26. The summed E-state index contributed by atoms with van der Waals surface area (Å²) < 4.78 is 0. The Labute approximate surface area is 211 Å². The highest BCUT2D eigenvalue weighted by atomic mass is 16.3. The third kappa shape index (κ3) is 4.81. The second kappa shape index (κ2) is 9.70. The van der Waals surface area contributed by atoms with Crippen molar-refractivity contribution in [3.05, 3.63) is 83.1 Å². The number of benzene rings is 1. The van der Waals surface area contributed by atoms with Gasteiger partial charge in [-0.05, 0) is 56.5 Å². The number of aryl methyl sites for hydroxylation is 2. The van der Waals surface area contributed by atoms with Crippen molar-refractivity contribution in [2.75, 3.05) is 31.6 Å². The Morgan fingerprint density at radius 1 is 1.17 bits per heavy atom. The van der Waals surface area contributed by atoms with Crippen LogP contribution in [-0.4, -0.2) is 68.4 Å². The minimum atomic E-state index is -1.00. The number of β-amino-alcohol motifs (C(OH)–C–C–N with tert-alkyl or cyclic N) is 1. The second-order valence-electron chi connectivity index (χ2n) is 9.92. The molecule has 1 aliphatic rings. The predicted molar refractivity (Wildman–Crippen MR) is 140 cm³/mol. The average molecular weight is 485 g/mol. The lowest BCUT2D eigenvalue weighted by molar-refractivity contribution is 0.0000676. The molecular weight excluding hydrogens is 452 g/mol. The van der Waals surface area contributed by atoms with Gasteiger partial charge in [0.05, 0.1) is 23.4 Å². The molecule has 1 fully saturated rings. The number of H-pyrrole nitrogens is 1. The Morgan fingerprint density at radius 2 is 1.97 bits per heavy atom. The van der Waals surface area contributed by atoms with E-state index in [1.54, 1.807) is 24.3 Å². The SMILES string of the molecule is Cc1n[nH]c(C)c1Cc1ccc(C(=O)N(C)C[C@@]2(O)CCCN(c3ccnc4ccncc34)C2)cc1. The van der Waals surface area contributed by atoms with E-state index >= 15 is 0 Å². The fourth-order valence-electron chi connectivity index (χ4n) is 5.24. The van der Waals surface area contributed by atoms with E-state index in [2.05, 4.69) is 25.1 Å². The largest absolute Gasteiger partial charge is 0.386 e. The zero-order valence-electron chi connectivity index (χ0n) is 21.0. The molecule has 3 aromatic heterocycles. The van der Waals surface area contributed by atoms with Crippen LogP contribution in [0.5, 0.6) is 0 Å². The Morgan fingerprint density at radius 3 is 2.72 bits per heavy atom. The number of aromatic amines is 1. The molecule has 1 atom stereocenters. The molecular formula is C28H32N6O2. The average Bonchev–Trinajstić information content (AvgIpc) is 3.20. The fraction of sp³-hybridized carbons (Fsp3) is 0.357. The van der Waals surface area contributed by atoms with E-state index in [0.29, 0.717) is 18.5 Å². The number of fused-ring (bicyclic) bond motifs is 1. The van der Waals surface area contributed by atoms with Crippen molar-refractivity contribution in [1.82, 2.24) is 25.1 Å². The van der Waals surface area contributed by atoms with Crippen molar-refractivity contribution in [2.24, 2.45) is 0 Å². The lowest BCUT2D eigenvalue weighted by Gasteiger charge is -2.42. The first-order valence-corrected chi connectivity index (χ1v) is 12.3. The number of amides is 1. The summed E-state index contributed by atoms with van der Waals surface area (Å²) in [5, 5.41) is 19.8. The van der Waals surface area contributed by atoms with Crippen LogP contribution in [0.4, 0.5) is 5.69 Å². The second-order valence-corrected chi connectivity index (χ2v) is 9.92. The van der Waals surface area contributed by atoms with Crippen molar-refractivity contribution >= 4 is 22.5 Å². The predicted octanol–water partition coefficient (Wildman–Crippen LogP) is 3.66. The maximum atomic E-state index is 13.2. The number of aliphatic hydroxyl groups is 1. The summed E-state index contributed by atoms with van der Waals surface area (Å²) >= 11 is 0. The number of carbonyl (C=O) groups excluding carboxylic acids is 1. The number of anilines is 1. The monoisotopic (exact) mass is 484 g/mol. The number of pyridine rings is 2. The maximum absolute atomic E-state index is 13.2. The molecule has 0 bridgehead atoms. The fourth-order valence-corrected chi connectivity index (χ4v) is 5.24. The number of rotatable bonds is 6. The topological polar surface area (TPSA) is 98.2 Å². The summed E-state index contributed by atoms with van der Waals surface area (Å²) in [7, 11) is 1.76. The first kappa shape index (κ1) is 23.9. The molecule has 36 heavy (non-hydrogen) atoms. The maximum Gasteiger partial charge on any atom is 0.253 e. The first-order valence-electron chi connectivity index (χ1n) is 12.3. The van der Waals surface area contributed by atoms with Gasteiger partial charge in [-0.25, -0.2) is 0 Å². The van der Waals surface area contributed by atoms with Gasteiger partial charge in [0.25, 0.3) is 5.91 Å². The highest BCUT2D eigenvalue weighted by Gasteiger charge is 2.36. The van der Waals surface area contributed by atoms with Crippen molar-refractivity contribution < 1.29 is 9.90 Å².